The molecule has 1 saturated heterocycles. The number of aromatic nitrogens is 3. The zero-order chi connectivity index (χ0) is 12.6. The highest BCUT2D eigenvalue weighted by molar-refractivity contribution is 5.40. The Labute approximate surface area is 109 Å². The maximum atomic E-state index is 4.54. The van der Waals surface area contributed by atoms with E-state index >= 15 is 0 Å². The third-order valence-corrected chi connectivity index (χ3v) is 3.29. The molecule has 0 aromatic carbocycles. The normalized spacial score (nSPS) is 15.7. The number of hydrogen-bond acceptors (Lipinski definition) is 5. The lowest BCUT2D eigenvalue weighted by atomic mass is 10.1. The molecular weight excluding hydrogens is 226 g/mol. The molecule has 1 aromatic rings. The number of piperidine rings is 1. The first kappa shape index (κ1) is 13.1. The average molecular weight is 249 g/mol. The SMILES string of the molecule is CCCCCNc1nncc(N2CCCCC2)n1. The molecule has 0 atom stereocenters. The molecule has 5 heteroatoms. The second kappa shape index (κ2) is 7.13. The van der Waals surface area contributed by atoms with Crippen LogP contribution in [0.25, 0.3) is 0 Å². The van der Waals surface area contributed by atoms with Crippen LogP contribution in [0.4, 0.5) is 11.8 Å². The number of unbranched alkanes of at least 4 members (excludes halogenated alkanes) is 2. The molecule has 0 aliphatic carbocycles. The standard InChI is InChI=1S/C13H23N5/c1-2-3-5-8-14-13-16-12(11-15-17-13)18-9-6-4-7-10-18/h11H,2-10H2,1H3,(H,14,16,17). The molecule has 0 radical (unpaired) electrons. The van der Waals surface area contributed by atoms with Gasteiger partial charge in [-0.05, 0) is 25.7 Å². The van der Waals surface area contributed by atoms with Gasteiger partial charge in [0.2, 0.25) is 5.95 Å². The first-order valence-electron chi connectivity index (χ1n) is 7.08. The van der Waals surface area contributed by atoms with Crippen LogP contribution in [0.2, 0.25) is 0 Å². The Morgan fingerprint density at radius 3 is 2.83 bits per heavy atom. The summed E-state index contributed by atoms with van der Waals surface area (Å²) < 4.78 is 0. The fourth-order valence-electron chi connectivity index (χ4n) is 2.22. The molecule has 0 saturated carbocycles. The van der Waals surface area contributed by atoms with Crippen LogP contribution in [0.3, 0.4) is 0 Å². The van der Waals surface area contributed by atoms with Gasteiger partial charge in [0.25, 0.3) is 0 Å². The van der Waals surface area contributed by atoms with Crippen molar-refractivity contribution >= 4 is 11.8 Å². The summed E-state index contributed by atoms with van der Waals surface area (Å²) in [5.74, 6) is 1.62. The second-order valence-corrected chi connectivity index (χ2v) is 4.82. The number of nitrogens with zero attached hydrogens (tertiary/aromatic N) is 4. The number of hydrogen-bond donors (Lipinski definition) is 1. The van der Waals surface area contributed by atoms with Crippen molar-refractivity contribution in [2.45, 2.75) is 45.4 Å². The van der Waals surface area contributed by atoms with Crippen LogP contribution in [0.1, 0.15) is 45.4 Å². The first-order chi connectivity index (χ1) is 8.90. The summed E-state index contributed by atoms with van der Waals surface area (Å²) in [6.07, 6.45) is 9.24. The van der Waals surface area contributed by atoms with E-state index in [-0.39, 0.29) is 0 Å². The maximum absolute atomic E-state index is 4.54. The van der Waals surface area contributed by atoms with Crippen molar-refractivity contribution in [3.8, 4) is 0 Å². The predicted octanol–water partition coefficient (Wildman–Crippen LogP) is 2.46. The smallest absolute Gasteiger partial charge is 0.244 e. The minimum absolute atomic E-state index is 0.661. The lowest BCUT2D eigenvalue weighted by molar-refractivity contribution is 0.572. The van der Waals surface area contributed by atoms with Crippen molar-refractivity contribution in [3.63, 3.8) is 0 Å². The lowest BCUT2D eigenvalue weighted by Crippen LogP contribution is -2.30. The fraction of sp³-hybridized carbons (Fsp3) is 0.769. The van der Waals surface area contributed by atoms with E-state index in [1.807, 2.05) is 0 Å². The Kier molecular flexibility index (Phi) is 5.17. The van der Waals surface area contributed by atoms with Gasteiger partial charge < -0.3 is 10.2 Å². The minimum atomic E-state index is 0.661. The molecule has 0 amide bonds. The van der Waals surface area contributed by atoms with Crippen molar-refractivity contribution < 1.29 is 0 Å². The van der Waals surface area contributed by atoms with E-state index in [0.29, 0.717) is 5.95 Å². The van der Waals surface area contributed by atoms with Crippen LogP contribution in [0, 0.1) is 0 Å². The molecule has 2 rings (SSSR count). The highest BCUT2D eigenvalue weighted by Crippen LogP contribution is 2.17. The van der Waals surface area contributed by atoms with Gasteiger partial charge in [0.15, 0.2) is 5.82 Å². The molecule has 1 aliphatic heterocycles. The Morgan fingerprint density at radius 2 is 2.06 bits per heavy atom. The summed E-state index contributed by atoms with van der Waals surface area (Å²) in [7, 11) is 0. The zero-order valence-electron chi connectivity index (χ0n) is 11.2. The Balaban J connectivity index is 1.88. The van der Waals surface area contributed by atoms with Crippen LogP contribution in [-0.4, -0.2) is 34.8 Å². The van der Waals surface area contributed by atoms with Gasteiger partial charge in [0.1, 0.15) is 0 Å². The van der Waals surface area contributed by atoms with Gasteiger partial charge in [-0.15, -0.1) is 5.10 Å². The topological polar surface area (TPSA) is 53.9 Å². The van der Waals surface area contributed by atoms with Gasteiger partial charge in [0.05, 0.1) is 6.20 Å². The third kappa shape index (κ3) is 3.82. The van der Waals surface area contributed by atoms with Crippen molar-refractivity contribution in [1.29, 1.82) is 0 Å². The summed E-state index contributed by atoms with van der Waals surface area (Å²) in [5, 5.41) is 11.3. The average Bonchev–Trinajstić information content (AvgIpc) is 2.45. The molecule has 18 heavy (non-hydrogen) atoms. The van der Waals surface area contributed by atoms with Gasteiger partial charge in [-0.2, -0.15) is 10.1 Å². The molecular formula is C13H23N5. The lowest BCUT2D eigenvalue weighted by Gasteiger charge is -2.27. The molecule has 1 N–H and O–H groups in total. The van der Waals surface area contributed by atoms with E-state index in [1.165, 1.54) is 32.1 Å². The summed E-state index contributed by atoms with van der Waals surface area (Å²) in [6.45, 7) is 5.32. The van der Waals surface area contributed by atoms with Crippen LogP contribution >= 0.6 is 0 Å². The second-order valence-electron chi connectivity index (χ2n) is 4.82. The summed E-state index contributed by atoms with van der Waals surface area (Å²) in [5.41, 5.74) is 0. The molecule has 1 aliphatic rings. The predicted molar refractivity (Wildman–Crippen MR) is 73.9 cm³/mol. The van der Waals surface area contributed by atoms with E-state index < -0.39 is 0 Å². The van der Waals surface area contributed by atoms with Crippen molar-refractivity contribution in [3.05, 3.63) is 6.20 Å². The molecule has 1 aromatic heterocycles. The zero-order valence-corrected chi connectivity index (χ0v) is 11.2. The summed E-state index contributed by atoms with van der Waals surface area (Å²) in [4.78, 5) is 6.84. The van der Waals surface area contributed by atoms with Crippen LogP contribution in [0.15, 0.2) is 6.20 Å². The summed E-state index contributed by atoms with van der Waals surface area (Å²) in [6, 6.07) is 0. The largest absolute Gasteiger partial charge is 0.355 e. The fourth-order valence-corrected chi connectivity index (χ4v) is 2.22. The van der Waals surface area contributed by atoms with Crippen LogP contribution < -0.4 is 10.2 Å². The maximum Gasteiger partial charge on any atom is 0.244 e. The van der Waals surface area contributed by atoms with Crippen molar-refractivity contribution in [2.24, 2.45) is 0 Å². The molecule has 100 valence electrons. The third-order valence-electron chi connectivity index (χ3n) is 3.29. The highest BCUT2D eigenvalue weighted by Gasteiger charge is 2.13. The first-order valence-corrected chi connectivity index (χ1v) is 7.08. The number of nitrogens with one attached hydrogen (secondary N) is 1. The van der Waals surface area contributed by atoms with E-state index in [0.717, 1.165) is 31.9 Å². The van der Waals surface area contributed by atoms with E-state index in [2.05, 4.69) is 32.3 Å². The van der Waals surface area contributed by atoms with E-state index in [1.54, 1.807) is 6.20 Å². The van der Waals surface area contributed by atoms with Crippen LogP contribution in [0.5, 0.6) is 0 Å². The molecule has 5 nitrogen and oxygen atoms in total. The van der Waals surface area contributed by atoms with E-state index in [4.69, 9.17) is 0 Å². The van der Waals surface area contributed by atoms with Gasteiger partial charge in [-0.1, -0.05) is 19.8 Å². The van der Waals surface area contributed by atoms with Crippen molar-refractivity contribution in [2.75, 3.05) is 29.9 Å². The minimum Gasteiger partial charge on any atom is -0.355 e. The van der Waals surface area contributed by atoms with Gasteiger partial charge in [-0.3, -0.25) is 0 Å². The highest BCUT2D eigenvalue weighted by atomic mass is 15.3. The Bertz CT molecular complexity index is 349. The molecule has 1 fully saturated rings. The number of anilines is 2. The summed E-state index contributed by atoms with van der Waals surface area (Å²) >= 11 is 0. The monoisotopic (exact) mass is 249 g/mol. The number of rotatable bonds is 6. The van der Waals surface area contributed by atoms with Gasteiger partial charge in [-0.25, -0.2) is 0 Å². The van der Waals surface area contributed by atoms with Crippen LogP contribution in [-0.2, 0) is 0 Å². The van der Waals surface area contributed by atoms with Gasteiger partial charge in [0, 0.05) is 19.6 Å². The Hall–Kier alpha value is -1.39. The molecule has 0 bridgehead atoms. The molecule has 2 heterocycles. The Morgan fingerprint density at radius 1 is 1.22 bits per heavy atom. The van der Waals surface area contributed by atoms with Crippen molar-refractivity contribution in [1.82, 2.24) is 15.2 Å². The molecule has 0 spiro atoms. The van der Waals surface area contributed by atoms with Gasteiger partial charge >= 0.3 is 0 Å². The quantitative estimate of drug-likeness (QED) is 0.785. The van der Waals surface area contributed by atoms with E-state index in [9.17, 15) is 0 Å². The molecule has 0 unspecified atom stereocenters.